The van der Waals surface area contributed by atoms with Gasteiger partial charge < -0.3 is 24.8 Å². The van der Waals surface area contributed by atoms with Crippen molar-refractivity contribution in [3.8, 4) is 17.2 Å². The monoisotopic (exact) mass is 567 g/mol. The van der Waals surface area contributed by atoms with Crippen LogP contribution >= 0.6 is 0 Å². The maximum atomic E-state index is 12.9. The van der Waals surface area contributed by atoms with E-state index in [0.29, 0.717) is 42.0 Å². The van der Waals surface area contributed by atoms with Crippen LogP contribution in [0.2, 0.25) is 0 Å². The fourth-order valence-electron chi connectivity index (χ4n) is 5.47. The van der Waals surface area contributed by atoms with Gasteiger partial charge in [-0.25, -0.2) is 0 Å². The predicted octanol–water partition coefficient (Wildman–Crippen LogP) is 5.81. The largest absolute Gasteiger partial charge is 0.493 e. The number of methoxy groups -OCH3 is 2. The first-order valence-corrected chi connectivity index (χ1v) is 14.8. The van der Waals surface area contributed by atoms with E-state index in [4.69, 9.17) is 14.2 Å². The molecule has 0 spiro atoms. The van der Waals surface area contributed by atoms with Gasteiger partial charge in [-0.15, -0.1) is 0 Å². The van der Waals surface area contributed by atoms with Gasteiger partial charge in [-0.05, 0) is 79.0 Å². The Morgan fingerprint density at radius 3 is 2.21 bits per heavy atom. The first-order chi connectivity index (χ1) is 20.6. The molecule has 0 saturated carbocycles. The van der Waals surface area contributed by atoms with Crippen LogP contribution in [0.3, 0.4) is 0 Å². The number of fused-ring (bicyclic) bond motifs is 1. The molecule has 1 amide bonds. The zero-order chi connectivity index (χ0) is 29.1. The molecule has 1 heterocycles. The third-order valence-corrected chi connectivity index (χ3v) is 7.83. The molecule has 4 aromatic rings. The van der Waals surface area contributed by atoms with Gasteiger partial charge in [0.1, 0.15) is 6.61 Å². The molecule has 5 rings (SSSR count). The van der Waals surface area contributed by atoms with Crippen molar-refractivity contribution in [2.45, 2.75) is 38.5 Å². The molecular weight excluding hydrogens is 526 g/mol. The average molecular weight is 568 g/mol. The van der Waals surface area contributed by atoms with Gasteiger partial charge in [0.05, 0.1) is 14.2 Å². The predicted molar refractivity (Wildman–Crippen MR) is 168 cm³/mol. The maximum absolute atomic E-state index is 12.9. The van der Waals surface area contributed by atoms with Crippen LogP contribution in [0.4, 0.5) is 0 Å². The molecule has 0 radical (unpaired) electrons. The van der Waals surface area contributed by atoms with Crippen molar-refractivity contribution >= 4 is 16.7 Å². The topological polar surface area (TPSA) is 72.1 Å². The van der Waals surface area contributed by atoms with Gasteiger partial charge in [0.2, 0.25) is 5.75 Å². The zero-order valence-electron chi connectivity index (χ0n) is 24.6. The van der Waals surface area contributed by atoms with Crippen LogP contribution in [0.1, 0.15) is 40.7 Å². The summed E-state index contributed by atoms with van der Waals surface area (Å²) in [5, 5.41) is 9.31. The third kappa shape index (κ3) is 7.81. The molecule has 0 aliphatic carbocycles. The molecule has 0 aromatic heterocycles. The minimum Gasteiger partial charge on any atom is -0.493 e. The van der Waals surface area contributed by atoms with Crippen LogP contribution in [0, 0.1) is 0 Å². The van der Waals surface area contributed by atoms with Gasteiger partial charge in [-0.1, -0.05) is 66.7 Å². The number of rotatable bonds is 13. The van der Waals surface area contributed by atoms with Crippen molar-refractivity contribution in [3.63, 3.8) is 0 Å². The number of piperidine rings is 1. The van der Waals surface area contributed by atoms with Crippen molar-refractivity contribution in [1.82, 2.24) is 15.5 Å². The molecule has 0 bridgehead atoms. The Kier molecular flexibility index (Phi) is 10.3. The van der Waals surface area contributed by atoms with Crippen molar-refractivity contribution in [2.24, 2.45) is 0 Å². The minimum absolute atomic E-state index is 0.164. The zero-order valence-corrected chi connectivity index (χ0v) is 24.6. The maximum Gasteiger partial charge on any atom is 0.251 e. The normalized spacial score (nSPS) is 14.0. The van der Waals surface area contributed by atoms with Crippen molar-refractivity contribution < 1.29 is 19.0 Å². The van der Waals surface area contributed by atoms with Crippen LogP contribution in [-0.4, -0.2) is 57.2 Å². The lowest BCUT2D eigenvalue weighted by Crippen LogP contribution is -2.42. The number of nitrogens with zero attached hydrogens (tertiary/aromatic N) is 1. The van der Waals surface area contributed by atoms with Gasteiger partial charge in [-0.3, -0.25) is 9.69 Å². The van der Waals surface area contributed by atoms with E-state index < -0.39 is 0 Å². The molecule has 0 unspecified atom stereocenters. The summed E-state index contributed by atoms with van der Waals surface area (Å²) in [6.07, 6.45) is 3.13. The Hall–Kier alpha value is -4.07. The van der Waals surface area contributed by atoms with Crippen LogP contribution in [0.5, 0.6) is 17.2 Å². The SMILES string of the molecule is COc1cc(C(=O)NCCCNC2CCN(Cc3ccc4ccccc4c3)CC2)cc(OC)c1OCc1ccccc1. The summed E-state index contributed by atoms with van der Waals surface area (Å²) in [7, 11) is 3.12. The highest BCUT2D eigenvalue weighted by Gasteiger charge is 2.20. The lowest BCUT2D eigenvalue weighted by atomic mass is 10.0. The summed E-state index contributed by atoms with van der Waals surface area (Å²) in [5.41, 5.74) is 2.88. The van der Waals surface area contributed by atoms with Gasteiger partial charge >= 0.3 is 0 Å². The number of carbonyl (C=O) groups excluding carboxylic acids is 1. The van der Waals surface area contributed by atoms with Gasteiger partial charge in [0.25, 0.3) is 5.91 Å². The Labute approximate surface area is 248 Å². The van der Waals surface area contributed by atoms with E-state index >= 15 is 0 Å². The molecular formula is C35H41N3O4. The minimum atomic E-state index is -0.164. The lowest BCUT2D eigenvalue weighted by molar-refractivity contribution is 0.0952. The van der Waals surface area contributed by atoms with E-state index in [1.54, 1.807) is 26.4 Å². The van der Waals surface area contributed by atoms with E-state index in [0.717, 1.165) is 51.0 Å². The molecule has 7 heteroatoms. The Bertz CT molecular complexity index is 1430. The number of benzene rings is 4. The van der Waals surface area contributed by atoms with Crippen molar-refractivity contribution in [2.75, 3.05) is 40.4 Å². The molecule has 2 N–H and O–H groups in total. The van der Waals surface area contributed by atoms with Crippen LogP contribution in [0.15, 0.2) is 84.9 Å². The number of likely N-dealkylation sites (tertiary alicyclic amines) is 1. The Balaban J connectivity index is 1.03. The summed E-state index contributed by atoms with van der Waals surface area (Å²) >= 11 is 0. The Morgan fingerprint density at radius 2 is 1.50 bits per heavy atom. The molecule has 220 valence electrons. The second-order valence-electron chi connectivity index (χ2n) is 10.8. The van der Waals surface area contributed by atoms with Crippen LogP contribution in [-0.2, 0) is 13.2 Å². The molecule has 1 saturated heterocycles. The number of hydrogen-bond donors (Lipinski definition) is 2. The van der Waals surface area contributed by atoms with Gasteiger partial charge in [0.15, 0.2) is 11.5 Å². The van der Waals surface area contributed by atoms with E-state index in [9.17, 15) is 4.79 Å². The highest BCUT2D eigenvalue weighted by molar-refractivity contribution is 5.95. The standard InChI is InChI=1S/C35H41N3O4/c1-40-32-22-30(23-33(41-2)34(32)42-25-26-9-4-3-5-10-26)35(39)37-18-8-17-36-31-15-19-38(20-16-31)24-27-13-14-28-11-6-7-12-29(28)21-27/h3-7,9-14,21-23,31,36H,8,15-20,24-25H2,1-2H3,(H,37,39). The van der Waals surface area contributed by atoms with Crippen molar-refractivity contribution in [1.29, 1.82) is 0 Å². The van der Waals surface area contributed by atoms with E-state index in [1.165, 1.54) is 16.3 Å². The van der Waals surface area contributed by atoms with Crippen LogP contribution < -0.4 is 24.8 Å². The molecule has 4 aromatic carbocycles. The number of hydrogen-bond acceptors (Lipinski definition) is 6. The van der Waals surface area contributed by atoms with Gasteiger partial charge in [-0.2, -0.15) is 0 Å². The first kappa shape index (κ1) is 29.4. The van der Waals surface area contributed by atoms with E-state index in [2.05, 4.69) is 58.0 Å². The molecule has 1 fully saturated rings. The number of nitrogens with one attached hydrogen (secondary N) is 2. The number of ether oxygens (including phenoxy) is 3. The molecule has 1 aliphatic heterocycles. The fraction of sp³-hybridized carbons (Fsp3) is 0.343. The second kappa shape index (κ2) is 14.7. The summed E-state index contributed by atoms with van der Waals surface area (Å²) in [5.74, 6) is 1.24. The van der Waals surface area contributed by atoms with E-state index in [1.807, 2.05) is 30.3 Å². The summed E-state index contributed by atoms with van der Waals surface area (Å²) in [4.78, 5) is 15.5. The molecule has 1 aliphatic rings. The molecule has 7 nitrogen and oxygen atoms in total. The average Bonchev–Trinajstić information content (AvgIpc) is 3.04. The highest BCUT2D eigenvalue weighted by Crippen LogP contribution is 2.39. The van der Waals surface area contributed by atoms with Crippen molar-refractivity contribution in [3.05, 3.63) is 102 Å². The number of amides is 1. The Morgan fingerprint density at radius 1 is 0.810 bits per heavy atom. The lowest BCUT2D eigenvalue weighted by Gasteiger charge is -2.32. The summed E-state index contributed by atoms with van der Waals surface area (Å²) in [6, 6.07) is 29.1. The van der Waals surface area contributed by atoms with Gasteiger partial charge in [0, 0.05) is 24.7 Å². The van der Waals surface area contributed by atoms with E-state index in [-0.39, 0.29) is 5.91 Å². The quantitative estimate of drug-likeness (QED) is 0.199. The summed E-state index contributed by atoms with van der Waals surface area (Å²) < 4.78 is 17.1. The number of carbonyl (C=O) groups is 1. The van der Waals surface area contributed by atoms with Crippen LogP contribution in [0.25, 0.3) is 10.8 Å². The molecule has 42 heavy (non-hydrogen) atoms. The molecule has 0 atom stereocenters. The highest BCUT2D eigenvalue weighted by atomic mass is 16.5. The third-order valence-electron chi connectivity index (χ3n) is 7.83. The second-order valence-corrected chi connectivity index (χ2v) is 10.8. The summed E-state index contributed by atoms with van der Waals surface area (Å²) in [6.45, 7) is 5.01. The first-order valence-electron chi connectivity index (χ1n) is 14.8. The fourth-order valence-corrected chi connectivity index (χ4v) is 5.47. The smallest absolute Gasteiger partial charge is 0.251 e.